The lowest BCUT2D eigenvalue weighted by Crippen LogP contribution is -2.06. The van der Waals surface area contributed by atoms with Crippen LogP contribution in [0.1, 0.15) is 399 Å². The van der Waals surface area contributed by atoms with Gasteiger partial charge in [-0.05, 0) is 180 Å². The molecule has 9 aromatic heterocycles. The molecule has 21 heteroatoms. The topological polar surface area (TPSA) is 224 Å². The summed E-state index contributed by atoms with van der Waals surface area (Å²) < 4.78 is 28.2. The molecule has 0 unspecified atom stereocenters. The maximum Gasteiger partial charge on any atom is 0.142 e. The largest absolute Gasteiger partial charge is 0.364 e. The Balaban J connectivity index is 0.000000139. The van der Waals surface area contributed by atoms with Crippen LogP contribution in [0.4, 0.5) is 0 Å². The second-order valence-electron chi connectivity index (χ2n) is 30.5. The Morgan fingerprint density at radius 2 is 0.876 bits per heavy atom. The van der Waals surface area contributed by atoms with Crippen molar-refractivity contribution in [2.24, 2.45) is 0 Å². The Morgan fingerprint density at radius 1 is 0.402 bits per heavy atom. The molecule has 9 heterocycles. The average Bonchev–Trinajstić information content (AvgIpc) is 1.80. The molecule has 17 rings (SSSR count). The molecule has 9 aromatic rings. The van der Waals surface area contributed by atoms with Gasteiger partial charge in [0.1, 0.15) is 42.6 Å². The van der Waals surface area contributed by atoms with E-state index in [2.05, 4.69) is 209 Å². The van der Waals surface area contributed by atoms with Gasteiger partial charge in [0.15, 0.2) is 0 Å². The van der Waals surface area contributed by atoms with Crippen molar-refractivity contribution in [3.63, 3.8) is 0 Å². The van der Waals surface area contributed by atoms with Gasteiger partial charge in [-0.1, -0.05) is 111 Å². The van der Waals surface area contributed by atoms with Crippen LogP contribution in [0.5, 0.6) is 0 Å². The molecule has 532 valence electrons. The molecule has 97 heavy (non-hydrogen) atoms. The van der Waals surface area contributed by atoms with Gasteiger partial charge in [0.05, 0.1) is 48.5 Å². The first-order valence-electron chi connectivity index (χ1n) is 36.6. The number of rotatable bonds is 17. The van der Waals surface area contributed by atoms with E-state index in [1.54, 1.807) is 6.20 Å². The van der Waals surface area contributed by atoms with Crippen molar-refractivity contribution in [1.29, 1.82) is 0 Å². The highest BCUT2D eigenvalue weighted by Gasteiger charge is 2.33. The quantitative estimate of drug-likeness (QED) is 0.0826. The molecule has 8 aliphatic rings. The lowest BCUT2D eigenvalue weighted by Gasteiger charge is -2.10. The zero-order chi connectivity index (χ0) is 68.7. The number of hydrogen-bond donors (Lipinski definition) is 0. The van der Waals surface area contributed by atoms with Crippen molar-refractivity contribution in [1.82, 2.24) is 88.6 Å². The SMILES string of the molecule is C.CC(C)c1cncn1C1CC1.CC(C)c1nncn1C1CC1.CC(C)c1nncn1C1CC1.CC(C)c1nocc1C1CC1.CC(C)c1nocc1C1CC1.CC(C)c1oncc1C1CC1.CC(C)n1ccnc1.CC(C)n1cncc1C1CC1.CC(C)n1nncc1C1CC1. The van der Waals surface area contributed by atoms with Crippen molar-refractivity contribution in [2.75, 3.05) is 0 Å². The standard InChI is InChI=1S/2C9H14N2.3C9H13NO.3C8H13N3.C6H10N2.CH4/c1-7(2)11-6-10-5-9(11)8-3-4-8;1-7(2)9-5-10-6-11(9)8-3-4-8;2*1-6(2)9-8(5-11-10-9)7-3-4-7;1-6(2)9-8(5-10-11-9)7-3-4-7;2*1-6(2)8-10-9-5-11(8)7-3-4-7;1-6(2)11-8(5-9-10-11)7-3-4-7;1-6(2)8-4-3-7-5-8;/h2*5-8H,3-4H2,1-2H3;6*5-7H,3-4H2,1-2H3;3-6H,1-2H3;1H4. The molecule has 8 saturated carbocycles. The van der Waals surface area contributed by atoms with E-state index in [1.807, 2.05) is 79.8 Å². The van der Waals surface area contributed by atoms with Gasteiger partial charge in [-0.2, -0.15) is 0 Å². The van der Waals surface area contributed by atoms with Crippen LogP contribution < -0.4 is 0 Å². The Morgan fingerprint density at radius 3 is 1.27 bits per heavy atom. The number of aromatic nitrogens is 18. The van der Waals surface area contributed by atoms with Crippen molar-refractivity contribution in [2.45, 2.75) is 336 Å². The normalized spacial score (nSPS) is 16.9. The average molecular weight is 1330 g/mol. The minimum absolute atomic E-state index is 0. The Kier molecular flexibility index (Phi) is 27.6. The third-order valence-corrected chi connectivity index (χ3v) is 18.3. The molecular formula is C76H120N18O3. The summed E-state index contributed by atoms with van der Waals surface area (Å²) in [5.74, 6) is 10.3. The zero-order valence-corrected chi connectivity index (χ0v) is 61.4. The molecule has 0 saturated heterocycles. The summed E-state index contributed by atoms with van der Waals surface area (Å²) in [4.78, 5) is 12.2. The first-order chi connectivity index (χ1) is 46.1. The van der Waals surface area contributed by atoms with E-state index in [0.29, 0.717) is 65.7 Å². The summed E-state index contributed by atoms with van der Waals surface area (Å²) in [5, 5.41) is 35.8. The van der Waals surface area contributed by atoms with Crippen LogP contribution in [0.2, 0.25) is 0 Å². The van der Waals surface area contributed by atoms with E-state index in [1.165, 1.54) is 137 Å². The summed E-state index contributed by atoms with van der Waals surface area (Å²) in [7, 11) is 0. The number of imidazole rings is 3. The van der Waals surface area contributed by atoms with Crippen LogP contribution >= 0.6 is 0 Å². The fraction of sp³-hybridized carbons (Fsp3) is 0.684. The summed E-state index contributed by atoms with van der Waals surface area (Å²) in [6.07, 6.45) is 45.8. The molecule has 0 amide bonds. The van der Waals surface area contributed by atoms with Gasteiger partial charge in [0, 0.05) is 119 Å². The summed E-state index contributed by atoms with van der Waals surface area (Å²) in [5.41, 5.74) is 10.5. The van der Waals surface area contributed by atoms with Gasteiger partial charge in [0.25, 0.3) is 0 Å². The molecule has 0 radical (unpaired) electrons. The Bertz CT molecular complexity index is 2840. The fourth-order valence-corrected chi connectivity index (χ4v) is 11.5. The van der Waals surface area contributed by atoms with Gasteiger partial charge in [-0.3, -0.25) is 0 Å². The van der Waals surface area contributed by atoms with Crippen molar-refractivity contribution < 1.29 is 13.6 Å². The van der Waals surface area contributed by atoms with E-state index in [0.717, 1.165) is 64.4 Å². The summed E-state index contributed by atoms with van der Waals surface area (Å²) in [6, 6.07) is 3.75. The lowest BCUT2D eigenvalue weighted by atomic mass is 10.0. The molecule has 0 aliphatic heterocycles. The minimum atomic E-state index is 0. The second kappa shape index (κ2) is 35.4. The summed E-state index contributed by atoms with van der Waals surface area (Å²) in [6.45, 7) is 38.9. The van der Waals surface area contributed by atoms with Gasteiger partial charge in [-0.25, -0.2) is 19.6 Å². The zero-order valence-electron chi connectivity index (χ0n) is 61.4. The fourth-order valence-electron chi connectivity index (χ4n) is 11.5. The van der Waals surface area contributed by atoms with Gasteiger partial charge >= 0.3 is 0 Å². The van der Waals surface area contributed by atoms with E-state index in [-0.39, 0.29) is 7.43 Å². The monoisotopic (exact) mass is 1330 g/mol. The minimum Gasteiger partial charge on any atom is -0.364 e. The van der Waals surface area contributed by atoms with E-state index in [9.17, 15) is 0 Å². The third kappa shape index (κ3) is 22.6. The molecular weight excluding hydrogens is 1210 g/mol. The Labute approximate surface area is 579 Å². The molecule has 0 spiro atoms. The molecule has 0 atom stereocenters. The molecule has 21 nitrogen and oxygen atoms in total. The van der Waals surface area contributed by atoms with E-state index >= 15 is 0 Å². The molecule has 0 N–H and O–H groups in total. The van der Waals surface area contributed by atoms with Crippen LogP contribution in [0.3, 0.4) is 0 Å². The van der Waals surface area contributed by atoms with Gasteiger partial charge < -0.3 is 36.4 Å². The first-order valence-corrected chi connectivity index (χ1v) is 36.6. The van der Waals surface area contributed by atoms with Crippen molar-refractivity contribution >= 4 is 0 Å². The smallest absolute Gasteiger partial charge is 0.142 e. The predicted molar refractivity (Wildman–Crippen MR) is 383 cm³/mol. The van der Waals surface area contributed by atoms with E-state index < -0.39 is 0 Å². The maximum absolute atomic E-state index is 5.18. The lowest BCUT2D eigenvalue weighted by molar-refractivity contribution is 0.369. The third-order valence-electron chi connectivity index (χ3n) is 18.3. The van der Waals surface area contributed by atoms with Crippen LogP contribution in [-0.2, 0) is 0 Å². The van der Waals surface area contributed by atoms with Gasteiger partial charge in [-0.15, -0.1) is 25.5 Å². The van der Waals surface area contributed by atoms with Crippen molar-refractivity contribution in [3.05, 3.63) is 144 Å². The predicted octanol–water partition coefficient (Wildman–Crippen LogP) is 20.0. The van der Waals surface area contributed by atoms with Crippen LogP contribution in [0.25, 0.3) is 0 Å². The van der Waals surface area contributed by atoms with Crippen molar-refractivity contribution in [3.8, 4) is 0 Å². The molecule has 8 fully saturated rings. The Hall–Kier alpha value is -7.32. The molecule has 0 aromatic carbocycles. The highest BCUT2D eigenvalue weighted by molar-refractivity contribution is 5.28. The highest BCUT2D eigenvalue weighted by atomic mass is 16.5. The second-order valence-corrected chi connectivity index (χ2v) is 30.5. The highest BCUT2D eigenvalue weighted by Crippen LogP contribution is 2.46. The first kappa shape index (κ1) is 75.5. The number of hydrogen-bond acceptors (Lipinski definition) is 15. The van der Waals surface area contributed by atoms with E-state index in [4.69, 9.17) is 13.6 Å². The van der Waals surface area contributed by atoms with Gasteiger partial charge in [0.2, 0.25) is 0 Å². The van der Waals surface area contributed by atoms with Crippen LogP contribution in [0.15, 0.2) is 94.9 Å². The number of nitrogens with zero attached hydrogens (tertiary/aromatic N) is 18. The molecule has 8 aliphatic carbocycles. The van der Waals surface area contributed by atoms with Crippen LogP contribution in [-0.4, -0.2) is 88.6 Å². The maximum atomic E-state index is 5.18. The molecule has 0 bridgehead atoms. The summed E-state index contributed by atoms with van der Waals surface area (Å²) >= 11 is 0. The van der Waals surface area contributed by atoms with Crippen LogP contribution in [0, 0.1) is 0 Å².